The molecule has 12 heteroatoms. The summed E-state index contributed by atoms with van der Waals surface area (Å²) in [5.41, 5.74) is 4.23. The summed E-state index contributed by atoms with van der Waals surface area (Å²) in [6, 6.07) is 21.9. The molecule has 0 radical (unpaired) electrons. The number of benzene rings is 3. The lowest BCUT2D eigenvalue weighted by Gasteiger charge is -2.27. The Morgan fingerprint density at radius 2 is 1.60 bits per heavy atom. The number of piperidine rings is 1. The number of aliphatic hydroxyl groups is 1. The molecule has 3 unspecified atom stereocenters. The molecule has 3 aromatic carbocycles. The van der Waals surface area contributed by atoms with Gasteiger partial charge in [0.1, 0.15) is 30.3 Å². The number of rotatable bonds is 14. The molecule has 6 rings (SSSR count). The lowest BCUT2D eigenvalue weighted by atomic mass is 9.89. The highest BCUT2D eigenvalue weighted by Gasteiger charge is 2.44. The summed E-state index contributed by atoms with van der Waals surface area (Å²) in [4.78, 5) is 59.2. The molecular weight excluding hydrogens is 638 g/mol. The van der Waals surface area contributed by atoms with Crippen LogP contribution in [-0.4, -0.2) is 62.8 Å². The Kier molecular flexibility index (Phi) is 10.5. The van der Waals surface area contributed by atoms with Crippen LogP contribution in [0.2, 0.25) is 0 Å². The zero-order chi connectivity index (χ0) is 35.2. The van der Waals surface area contributed by atoms with E-state index in [0.29, 0.717) is 36.8 Å². The molecule has 0 spiro atoms. The molecular formula is C38H39N5O7. The SMILES string of the molecule is CCC(c1ccc(OCCCNc2ccc3c(c2)C(=O)N(C2CCC(=O)NC2=O)C3=O)cc1)c1ccc(OCc2ccnc(C(C)O)n2)cc1. The van der Waals surface area contributed by atoms with Crippen molar-refractivity contribution < 1.29 is 33.8 Å². The highest BCUT2D eigenvalue weighted by atomic mass is 16.5. The summed E-state index contributed by atoms with van der Waals surface area (Å²) < 4.78 is 11.9. The first-order valence-corrected chi connectivity index (χ1v) is 16.8. The Morgan fingerprint density at radius 3 is 2.26 bits per heavy atom. The quantitative estimate of drug-likeness (QED) is 0.123. The maximum absolute atomic E-state index is 13.1. The van der Waals surface area contributed by atoms with Gasteiger partial charge < -0.3 is 19.9 Å². The third-order valence-corrected chi connectivity index (χ3v) is 8.82. The summed E-state index contributed by atoms with van der Waals surface area (Å²) in [5.74, 6) is -0.0101. The first-order chi connectivity index (χ1) is 24.2. The van der Waals surface area contributed by atoms with Crippen molar-refractivity contribution in [2.45, 2.75) is 64.2 Å². The molecule has 1 aromatic heterocycles. The molecule has 0 saturated carbocycles. The Bertz CT molecular complexity index is 1880. The third kappa shape index (κ3) is 7.65. The fraction of sp³-hybridized carbons (Fsp3) is 0.316. The molecule has 0 aliphatic carbocycles. The smallest absolute Gasteiger partial charge is 0.262 e. The van der Waals surface area contributed by atoms with Gasteiger partial charge in [-0.1, -0.05) is 31.2 Å². The number of carbonyl (C=O) groups is 4. The van der Waals surface area contributed by atoms with Gasteiger partial charge >= 0.3 is 0 Å². The minimum atomic E-state index is -0.989. The van der Waals surface area contributed by atoms with Crippen LogP contribution in [0.25, 0.3) is 0 Å². The van der Waals surface area contributed by atoms with E-state index in [-0.39, 0.29) is 36.5 Å². The second-order valence-electron chi connectivity index (χ2n) is 12.3. The summed E-state index contributed by atoms with van der Waals surface area (Å²) in [6.07, 6.45) is 2.70. The van der Waals surface area contributed by atoms with Crippen LogP contribution in [0.15, 0.2) is 79.0 Å². The molecule has 0 bridgehead atoms. The molecule has 4 amide bonds. The van der Waals surface area contributed by atoms with E-state index in [1.54, 1.807) is 37.4 Å². The van der Waals surface area contributed by atoms with Gasteiger partial charge in [-0.3, -0.25) is 29.4 Å². The summed E-state index contributed by atoms with van der Waals surface area (Å²) in [5, 5.41) is 15.2. The van der Waals surface area contributed by atoms with Gasteiger partial charge in [0.05, 0.1) is 23.4 Å². The number of nitrogens with zero attached hydrogens (tertiary/aromatic N) is 3. The first-order valence-electron chi connectivity index (χ1n) is 16.8. The van der Waals surface area contributed by atoms with Crippen LogP contribution in [0.3, 0.4) is 0 Å². The van der Waals surface area contributed by atoms with Gasteiger partial charge in [0.15, 0.2) is 5.82 Å². The van der Waals surface area contributed by atoms with Crippen molar-refractivity contribution in [3.05, 3.63) is 113 Å². The van der Waals surface area contributed by atoms with E-state index in [4.69, 9.17) is 9.47 Å². The standard InChI is InChI=1S/C38H39N5O7/c1-3-30(25-7-12-29(13-8-25)50-22-27-17-19-40-35(41-27)23(2)44)24-5-10-28(11-6-24)49-20-4-18-39-26-9-14-31-32(21-26)38(48)43(37(31)47)33-15-16-34(45)42-36(33)46/h5-14,17,19,21,23,30,33,39,44H,3-4,15-16,18,20,22H2,1-2H3,(H,42,45,46). The number of carbonyl (C=O) groups excluding carboxylic acids is 4. The van der Waals surface area contributed by atoms with Crippen LogP contribution >= 0.6 is 0 Å². The van der Waals surface area contributed by atoms with Gasteiger partial charge in [0.25, 0.3) is 11.8 Å². The minimum Gasteiger partial charge on any atom is -0.494 e. The molecule has 1 fully saturated rings. The molecule has 3 heterocycles. The average Bonchev–Trinajstić information content (AvgIpc) is 3.37. The Morgan fingerprint density at radius 1 is 0.920 bits per heavy atom. The molecule has 4 aromatic rings. The maximum Gasteiger partial charge on any atom is 0.262 e. The van der Waals surface area contributed by atoms with E-state index in [2.05, 4.69) is 51.8 Å². The van der Waals surface area contributed by atoms with Crippen LogP contribution in [0, 0.1) is 0 Å². The monoisotopic (exact) mass is 677 g/mol. The second kappa shape index (κ2) is 15.3. The predicted octanol–water partition coefficient (Wildman–Crippen LogP) is 4.93. The lowest BCUT2D eigenvalue weighted by molar-refractivity contribution is -0.136. The highest BCUT2D eigenvalue weighted by molar-refractivity contribution is 6.23. The summed E-state index contributed by atoms with van der Waals surface area (Å²) in [7, 11) is 0. The number of nitrogens with one attached hydrogen (secondary N) is 2. The van der Waals surface area contributed by atoms with E-state index < -0.39 is 35.8 Å². The van der Waals surface area contributed by atoms with Gasteiger partial charge in [-0.2, -0.15) is 0 Å². The average molecular weight is 678 g/mol. The fourth-order valence-electron chi connectivity index (χ4n) is 6.18. The number of amides is 4. The van der Waals surface area contributed by atoms with Crippen LogP contribution in [0.4, 0.5) is 5.69 Å². The number of imide groups is 2. The molecule has 2 aliphatic rings. The van der Waals surface area contributed by atoms with Gasteiger partial charge in [-0.25, -0.2) is 9.97 Å². The number of fused-ring (bicyclic) bond motifs is 1. The zero-order valence-electron chi connectivity index (χ0n) is 27.9. The number of aromatic nitrogens is 2. The molecule has 3 N–H and O–H groups in total. The molecule has 3 atom stereocenters. The maximum atomic E-state index is 13.1. The van der Waals surface area contributed by atoms with E-state index >= 15 is 0 Å². The number of hydrogen-bond acceptors (Lipinski definition) is 10. The summed E-state index contributed by atoms with van der Waals surface area (Å²) in [6.45, 7) is 5.12. The van der Waals surface area contributed by atoms with E-state index in [1.807, 2.05) is 24.3 Å². The first kappa shape index (κ1) is 34.3. The van der Waals surface area contributed by atoms with Crippen LogP contribution in [0.1, 0.15) is 94.9 Å². The van der Waals surface area contributed by atoms with Gasteiger partial charge in [0, 0.05) is 30.8 Å². The Balaban J connectivity index is 0.959. The van der Waals surface area contributed by atoms with Crippen molar-refractivity contribution in [3.8, 4) is 11.5 Å². The van der Waals surface area contributed by atoms with Crippen LogP contribution in [0.5, 0.6) is 11.5 Å². The van der Waals surface area contributed by atoms with Crippen LogP contribution < -0.4 is 20.1 Å². The molecule has 258 valence electrons. The van der Waals surface area contributed by atoms with Crippen molar-refractivity contribution in [3.63, 3.8) is 0 Å². The van der Waals surface area contributed by atoms with E-state index in [1.165, 1.54) is 11.1 Å². The highest BCUT2D eigenvalue weighted by Crippen LogP contribution is 2.31. The Hall–Kier alpha value is -5.62. The van der Waals surface area contributed by atoms with Crippen molar-refractivity contribution >= 4 is 29.3 Å². The number of ether oxygens (including phenoxy) is 2. The molecule has 1 saturated heterocycles. The van der Waals surface area contributed by atoms with Gasteiger partial charge in [-0.05, 0) is 85.8 Å². The molecule has 50 heavy (non-hydrogen) atoms. The Labute approximate surface area is 289 Å². The van der Waals surface area contributed by atoms with Crippen molar-refractivity contribution in [2.75, 3.05) is 18.5 Å². The largest absolute Gasteiger partial charge is 0.494 e. The fourth-order valence-corrected chi connectivity index (χ4v) is 6.18. The van der Waals surface area contributed by atoms with Gasteiger partial charge in [0.2, 0.25) is 11.8 Å². The predicted molar refractivity (Wildman–Crippen MR) is 184 cm³/mol. The van der Waals surface area contributed by atoms with Crippen molar-refractivity contribution in [1.29, 1.82) is 0 Å². The van der Waals surface area contributed by atoms with E-state index in [9.17, 15) is 24.3 Å². The van der Waals surface area contributed by atoms with Gasteiger partial charge in [-0.15, -0.1) is 0 Å². The van der Waals surface area contributed by atoms with Crippen molar-refractivity contribution in [1.82, 2.24) is 20.2 Å². The summed E-state index contributed by atoms with van der Waals surface area (Å²) >= 11 is 0. The normalized spacial score (nSPS) is 16.9. The zero-order valence-corrected chi connectivity index (χ0v) is 27.9. The molecule has 2 aliphatic heterocycles. The lowest BCUT2D eigenvalue weighted by Crippen LogP contribution is -2.54. The van der Waals surface area contributed by atoms with Crippen LogP contribution in [-0.2, 0) is 16.2 Å². The minimum absolute atomic E-state index is 0.0782. The topological polar surface area (TPSA) is 160 Å². The van der Waals surface area contributed by atoms with E-state index in [0.717, 1.165) is 22.8 Å². The second-order valence-corrected chi connectivity index (χ2v) is 12.3. The number of hydrogen-bond donors (Lipinski definition) is 3. The molecule has 12 nitrogen and oxygen atoms in total. The third-order valence-electron chi connectivity index (χ3n) is 8.82. The number of anilines is 1. The number of aliphatic hydroxyl groups excluding tert-OH is 1. The van der Waals surface area contributed by atoms with Crippen molar-refractivity contribution in [2.24, 2.45) is 0 Å².